The molecular weight excluding hydrogens is 264 g/mol. The molecule has 6 heteroatoms. The molecule has 0 rings (SSSR count). The van der Waals surface area contributed by atoms with Crippen LogP contribution in [-0.2, 0) is 14.3 Å². The number of likely N-dealkylation sites (N-methyl/N-ethyl adjacent to an activating group) is 1. The van der Waals surface area contributed by atoms with Crippen LogP contribution in [0.25, 0.3) is 0 Å². The van der Waals surface area contributed by atoms with Gasteiger partial charge in [-0.1, -0.05) is 13.8 Å². The molecular formula is C13H26N2O3S. The van der Waals surface area contributed by atoms with Crippen molar-refractivity contribution in [3.05, 3.63) is 0 Å². The van der Waals surface area contributed by atoms with E-state index in [-0.39, 0.29) is 17.1 Å². The molecule has 1 amide bonds. The summed E-state index contributed by atoms with van der Waals surface area (Å²) in [6.45, 7) is 8.70. The largest absolute Gasteiger partial charge is 0.465 e. The Labute approximate surface area is 120 Å². The fourth-order valence-corrected chi connectivity index (χ4v) is 2.86. The predicted octanol–water partition coefficient (Wildman–Crippen LogP) is 1.18. The van der Waals surface area contributed by atoms with Gasteiger partial charge in [0.2, 0.25) is 5.91 Å². The fourth-order valence-electron chi connectivity index (χ4n) is 1.83. The Morgan fingerprint density at radius 1 is 1.37 bits per heavy atom. The highest BCUT2D eigenvalue weighted by molar-refractivity contribution is 8.00. The van der Waals surface area contributed by atoms with E-state index in [9.17, 15) is 9.59 Å². The lowest BCUT2D eigenvalue weighted by atomic mass is 9.96. The van der Waals surface area contributed by atoms with Gasteiger partial charge in [-0.2, -0.15) is 0 Å². The van der Waals surface area contributed by atoms with Gasteiger partial charge in [0.25, 0.3) is 0 Å². The molecule has 0 aliphatic heterocycles. The second kappa shape index (κ2) is 9.20. The van der Waals surface area contributed by atoms with Crippen LogP contribution in [0, 0.1) is 0 Å². The van der Waals surface area contributed by atoms with Crippen molar-refractivity contribution in [1.82, 2.24) is 10.6 Å². The molecule has 0 spiro atoms. The first kappa shape index (κ1) is 18.2. The number of ether oxygens (including phenoxy) is 1. The minimum atomic E-state index is -0.695. The van der Waals surface area contributed by atoms with Crippen molar-refractivity contribution in [2.24, 2.45) is 0 Å². The predicted molar refractivity (Wildman–Crippen MR) is 79.3 cm³/mol. The van der Waals surface area contributed by atoms with E-state index < -0.39 is 5.54 Å². The van der Waals surface area contributed by atoms with Crippen molar-refractivity contribution in [1.29, 1.82) is 0 Å². The maximum absolute atomic E-state index is 12.0. The minimum absolute atomic E-state index is 0.00172. The normalized spacial score (nSPS) is 15.4. The van der Waals surface area contributed by atoms with Crippen LogP contribution in [0.3, 0.4) is 0 Å². The van der Waals surface area contributed by atoms with Crippen LogP contribution in [0.1, 0.15) is 34.1 Å². The molecule has 2 N–H and O–H groups in total. The van der Waals surface area contributed by atoms with Crippen LogP contribution in [0.2, 0.25) is 0 Å². The van der Waals surface area contributed by atoms with Gasteiger partial charge in [-0.15, -0.1) is 11.8 Å². The average Bonchev–Trinajstić information content (AvgIpc) is 2.36. The van der Waals surface area contributed by atoms with E-state index in [4.69, 9.17) is 4.74 Å². The first-order chi connectivity index (χ1) is 8.89. The summed E-state index contributed by atoms with van der Waals surface area (Å²) in [5.41, 5.74) is -0.695. The van der Waals surface area contributed by atoms with E-state index in [1.807, 2.05) is 20.8 Å². The Hall–Kier alpha value is -0.750. The SMILES string of the molecule is CCNC(C)(CC(C)SCC(=O)NC)C(=O)OCC. The number of carbonyl (C=O) groups is 2. The Kier molecular flexibility index (Phi) is 8.84. The smallest absolute Gasteiger partial charge is 0.326 e. The number of hydrogen-bond donors (Lipinski definition) is 2. The molecule has 2 atom stereocenters. The third-order valence-electron chi connectivity index (χ3n) is 2.77. The fraction of sp³-hybridized carbons (Fsp3) is 0.846. The first-order valence-electron chi connectivity index (χ1n) is 6.64. The molecule has 0 aromatic rings. The number of hydrogen-bond acceptors (Lipinski definition) is 5. The molecule has 0 aliphatic rings. The van der Waals surface area contributed by atoms with Gasteiger partial charge < -0.3 is 15.4 Å². The molecule has 19 heavy (non-hydrogen) atoms. The van der Waals surface area contributed by atoms with E-state index in [0.29, 0.717) is 25.3 Å². The lowest BCUT2D eigenvalue weighted by Crippen LogP contribution is -2.51. The van der Waals surface area contributed by atoms with E-state index in [2.05, 4.69) is 10.6 Å². The number of esters is 1. The van der Waals surface area contributed by atoms with Crippen LogP contribution in [0.5, 0.6) is 0 Å². The first-order valence-corrected chi connectivity index (χ1v) is 7.68. The Bertz CT molecular complexity index is 300. The molecule has 0 heterocycles. The summed E-state index contributed by atoms with van der Waals surface area (Å²) in [6.07, 6.45) is 0.626. The number of amides is 1. The van der Waals surface area contributed by atoms with Crippen molar-refractivity contribution in [2.75, 3.05) is 26.0 Å². The molecule has 0 saturated carbocycles. The van der Waals surface area contributed by atoms with Gasteiger partial charge in [-0.05, 0) is 26.8 Å². The Morgan fingerprint density at radius 2 is 2.00 bits per heavy atom. The van der Waals surface area contributed by atoms with Crippen molar-refractivity contribution in [3.8, 4) is 0 Å². The molecule has 2 unspecified atom stereocenters. The van der Waals surface area contributed by atoms with Crippen molar-refractivity contribution in [3.63, 3.8) is 0 Å². The standard InChI is InChI=1S/C13H26N2O3S/c1-6-15-13(4,12(17)18-7-2)8-10(3)19-9-11(16)14-5/h10,15H,6-9H2,1-5H3,(H,14,16). The maximum atomic E-state index is 12.0. The summed E-state index contributed by atoms with van der Waals surface area (Å²) in [4.78, 5) is 23.2. The lowest BCUT2D eigenvalue weighted by molar-refractivity contribution is -0.150. The summed E-state index contributed by atoms with van der Waals surface area (Å²) < 4.78 is 5.12. The maximum Gasteiger partial charge on any atom is 0.326 e. The molecule has 0 bridgehead atoms. The average molecular weight is 290 g/mol. The topological polar surface area (TPSA) is 67.4 Å². The highest BCUT2D eigenvalue weighted by atomic mass is 32.2. The van der Waals surface area contributed by atoms with Crippen LogP contribution in [0.15, 0.2) is 0 Å². The van der Waals surface area contributed by atoms with Crippen LogP contribution in [0.4, 0.5) is 0 Å². The van der Waals surface area contributed by atoms with Crippen molar-refractivity contribution < 1.29 is 14.3 Å². The molecule has 0 radical (unpaired) electrons. The summed E-state index contributed by atoms with van der Waals surface area (Å²) in [5, 5.41) is 5.96. The van der Waals surface area contributed by atoms with Gasteiger partial charge in [-0.3, -0.25) is 9.59 Å². The van der Waals surface area contributed by atoms with Gasteiger partial charge in [0, 0.05) is 12.3 Å². The monoisotopic (exact) mass is 290 g/mol. The number of rotatable bonds is 9. The Balaban J connectivity index is 4.47. The number of thioether (sulfide) groups is 1. The van der Waals surface area contributed by atoms with Crippen molar-refractivity contribution in [2.45, 2.75) is 44.9 Å². The van der Waals surface area contributed by atoms with E-state index >= 15 is 0 Å². The van der Waals surface area contributed by atoms with Gasteiger partial charge in [0.15, 0.2) is 0 Å². The zero-order chi connectivity index (χ0) is 14.9. The third kappa shape index (κ3) is 6.82. The molecule has 0 aromatic carbocycles. The molecule has 112 valence electrons. The van der Waals surface area contributed by atoms with Crippen LogP contribution in [-0.4, -0.2) is 48.6 Å². The third-order valence-corrected chi connectivity index (χ3v) is 3.93. The lowest BCUT2D eigenvalue weighted by Gasteiger charge is -2.30. The Morgan fingerprint density at radius 3 is 2.47 bits per heavy atom. The second-order valence-corrected chi connectivity index (χ2v) is 6.01. The zero-order valence-electron chi connectivity index (χ0n) is 12.5. The number of carbonyl (C=O) groups excluding carboxylic acids is 2. The van der Waals surface area contributed by atoms with E-state index in [1.54, 1.807) is 14.0 Å². The van der Waals surface area contributed by atoms with Gasteiger partial charge in [0.05, 0.1) is 12.4 Å². The highest BCUT2D eigenvalue weighted by Gasteiger charge is 2.35. The summed E-state index contributed by atoms with van der Waals surface area (Å²) in [6, 6.07) is 0. The molecule has 5 nitrogen and oxygen atoms in total. The summed E-state index contributed by atoms with van der Waals surface area (Å²) in [7, 11) is 1.62. The zero-order valence-corrected chi connectivity index (χ0v) is 13.4. The van der Waals surface area contributed by atoms with E-state index in [0.717, 1.165) is 0 Å². The second-order valence-electron chi connectivity index (χ2n) is 4.58. The molecule has 0 aliphatic carbocycles. The summed E-state index contributed by atoms with van der Waals surface area (Å²) >= 11 is 1.54. The molecule has 0 fully saturated rings. The van der Waals surface area contributed by atoms with E-state index in [1.165, 1.54) is 11.8 Å². The van der Waals surface area contributed by atoms with Crippen molar-refractivity contribution >= 4 is 23.6 Å². The van der Waals surface area contributed by atoms with Gasteiger partial charge in [-0.25, -0.2) is 0 Å². The molecule has 0 aromatic heterocycles. The number of nitrogens with one attached hydrogen (secondary N) is 2. The van der Waals surface area contributed by atoms with Gasteiger partial charge >= 0.3 is 5.97 Å². The summed E-state index contributed by atoms with van der Waals surface area (Å²) in [5.74, 6) is 0.172. The highest BCUT2D eigenvalue weighted by Crippen LogP contribution is 2.23. The quantitative estimate of drug-likeness (QED) is 0.624. The van der Waals surface area contributed by atoms with Crippen LogP contribution >= 0.6 is 11.8 Å². The molecule has 0 saturated heterocycles. The minimum Gasteiger partial charge on any atom is -0.465 e. The van der Waals surface area contributed by atoms with Crippen LogP contribution < -0.4 is 10.6 Å². The van der Waals surface area contributed by atoms with Gasteiger partial charge in [0.1, 0.15) is 5.54 Å².